The number of hydrogen-bond acceptors (Lipinski definition) is 4. The maximum Gasteiger partial charge on any atom is 0.156 e. The Balaban J connectivity index is 1.52. The third kappa shape index (κ3) is 4.08. The maximum absolute atomic E-state index is 12.2. The van der Waals surface area contributed by atoms with Crippen LogP contribution in [-0.4, -0.2) is 55.7 Å². The van der Waals surface area contributed by atoms with Crippen molar-refractivity contribution >= 4 is 5.78 Å². The molecule has 3 saturated carbocycles. The van der Waals surface area contributed by atoms with Gasteiger partial charge in [0.1, 0.15) is 0 Å². The highest BCUT2D eigenvalue weighted by molar-refractivity contribution is 5.93. The topological polar surface area (TPSA) is 49.8 Å². The molecule has 5 aliphatic rings. The number of carbonyl (C=O) groups excluding carboxylic acids is 1. The number of methoxy groups -OCH3 is 1. The van der Waals surface area contributed by atoms with E-state index < -0.39 is 0 Å². The molecular weight excluding hydrogens is 410 g/mol. The summed E-state index contributed by atoms with van der Waals surface area (Å²) in [5.41, 5.74) is 4.94. The Labute approximate surface area is 200 Å². The van der Waals surface area contributed by atoms with E-state index in [0.29, 0.717) is 42.5 Å². The van der Waals surface area contributed by atoms with E-state index in [1.807, 2.05) is 6.08 Å². The first-order valence-electron chi connectivity index (χ1n) is 13.6. The minimum absolute atomic E-state index is 0.196. The van der Waals surface area contributed by atoms with Crippen LogP contribution in [0.4, 0.5) is 0 Å². The van der Waals surface area contributed by atoms with E-state index in [1.54, 1.807) is 18.3 Å². The van der Waals surface area contributed by atoms with Crippen molar-refractivity contribution in [3.8, 4) is 0 Å². The fraction of sp³-hybridized carbons (Fsp3) is 0.828. The van der Waals surface area contributed by atoms with Gasteiger partial charge in [-0.15, -0.1) is 0 Å². The van der Waals surface area contributed by atoms with Gasteiger partial charge >= 0.3 is 0 Å². The molecule has 0 spiro atoms. The summed E-state index contributed by atoms with van der Waals surface area (Å²) >= 11 is 0. The Morgan fingerprint density at radius 1 is 1.06 bits per heavy atom. The minimum atomic E-state index is -0.351. The normalized spacial score (nSPS) is 42.0. The number of aliphatic hydroxyl groups is 1. The number of rotatable bonds is 5. The summed E-state index contributed by atoms with van der Waals surface area (Å²) in [6.07, 6.45) is 14.4. The number of allylic oxidation sites excluding steroid dienone is 4. The highest BCUT2D eigenvalue weighted by atomic mass is 16.5. The number of hydrogen-bond donors (Lipinski definition) is 1. The van der Waals surface area contributed by atoms with E-state index in [1.165, 1.54) is 50.5 Å². The van der Waals surface area contributed by atoms with Crippen LogP contribution < -0.4 is 0 Å². The highest BCUT2D eigenvalue weighted by Gasteiger charge is 2.58. The van der Waals surface area contributed by atoms with E-state index >= 15 is 0 Å². The lowest BCUT2D eigenvalue weighted by atomic mass is 9.50. The smallest absolute Gasteiger partial charge is 0.156 e. The fourth-order valence-electron chi connectivity index (χ4n) is 9.12. The molecule has 0 saturated heterocycles. The van der Waals surface area contributed by atoms with E-state index in [0.717, 1.165) is 31.2 Å². The zero-order valence-electron chi connectivity index (χ0n) is 21.3. The van der Waals surface area contributed by atoms with Crippen LogP contribution in [0.5, 0.6) is 0 Å². The Morgan fingerprint density at radius 3 is 2.52 bits per heavy atom. The zero-order chi connectivity index (χ0) is 23.3. The second kappa shape index (κ2) is 9.24. The molecule has 0 amide bonds. The van der Waals surface area contributed by atoms with Crippen LogP contribution >= 0.6 is 0 Å². The Bertz CT molecular complexity index is 821. The lowest BCUT2D eigenvalue weighted by Crippen LogP contribution is -2.49. The van der Waals surface area contributed by atoms with E-state index in [4.69, 9.17) is 4.74 Å². The fourth-order valence-corrected chi connectivity index (χ4v) is 9.12. The van der Waals surface area contributed by atoms with Gasteiger partial charge in [0.2, 0.25) is 0 Å². The van der Waals surface area contributed by atoms with Crippen molar-refractivity contribution in [3.05, 3.63) is 22.8 Å². The highest BCUT2D eigenvalue weighted by Crippen LogP contribution is 2.66. The monoisotopic (exact) mass is 455 g/mol. The molecule has 1 N–H and O–H groups in total. The van der Waals surface area contributed by atoms with Crippen molar-refractivity contribution in [2.75, 3.05) is 27.8 Å². The first kappa shape index (κ1) is 23.8. The summed E-state index contributed by atoms with van der Waals surface area (Å²) in [5.74, 6) is 3.38. The molecule has 0 aliphatic heterocycles. The van der Waals surface area contributed by atoms with E-state index in [9.17, 15) is 9.90 Å². The molecule has 0 heterocycles. The van der Waals surface area contributed by atoms with Gasteiger partial charge < -0.3 is 14.7 Å². The second-order valence-electron chi connectivity index (χ2n) is 12.4. The molecule has 5 rings (SSSR count). The third-order valence-electron chi connectivity index (χ3n) is 10.7. The number of ether oxygens (including phenoxy) is 1. The van der Waals surface area contributed by atoms with Gasteiger partial charge in [-0.3, -0.25) is 4.79 Å². The van der Waals surface area contributed by atoms with Crippen LogP contribution in [0.25, 0.3) is 0 Å². The first-order chi connectivity index (χ1) is 15.8. The molecule has 6 atom stereocenters. The Morgan fingerprint density at radius 2 is 1.82 bits per heavy atom. The average molecular weight is 456 g/mol. The standard InChI is InChI=1S/C29H45NO3/c1-29-16-24(18-5-8-20(9-6-18)30(2)3)28-22-12-10-21(31)15-19(22)7-11-23(28)25(29)13-14-26(29)27(32)17-33-4/h15,18,20,23-27,32H,5-14,16-17H2,1-4H3. The molecule has 4 heteroatoms. The number of ketones is 1. The van der Waals surface area contributed by atoms with Gasteiger partial charge in [0.15, 0.2) is 5.78 Å². The number of fused-ring (bicyclic) bond motifs is 4. The zero-order valence-corrected chi connectivity index (χ0v) is 21.3. The summed E-state index contributed by atoms with van der Waals surface area (Å²) in [6, 6.07) is 0.721. The molecule has 0 radical (unpaired) electrons. The predicted molar refractivity (Wildman–Crippen MR) is 132 cm³/mol. The predicted octanol–water partition coefficient (Wildman–Crippen LogP) is 5.16. The summed E-state index contributed by atoms with van der Waals surface area (Å²) in [5, 5.41) is 11.1. The van der Waals surface area contributed by atoms with Gasteiger partial charge in [0.05, 0.1) is 12.7 Å². The Kier molecular flexibility index (Phi) is 6.65. The molecule has 3 fully saturated rings. The van der Waals surface area contributed by atoms with Gasteiger partial charge in [-0.05, 0) is 131 Å². The van der Waals surface area contributed by atoms with Crippen molar-refractivity contribution < 1.29 is 14.6 Å². The van der Waals surface area contributed by atoms with Crippen molar-refractivity contribution in [2.45, 2.75) is 89.7 Å². The van der Waals surface area contributed by atoms with Crippen LogP contribution in [0.15, 0.2) is 22.8 Å². The molecule has 0 aromatic rings. The van der Waals surface area contributed by atoms with E-state index in [-0.39, 0.29) is 11.5 Å². The lowest BCUT2D eigenvalue weighted by molar-refractivity contribution is -0.114. The minimum Gasteiger partial charge on any atom is -0.390 e. The van der Waals surface area contributed by atoms with Crippen molar-refractivity contribution in [1.82, 2.24) is 4.90 Å². The molecule has 0 aromatic heterocycles. The SMILES string of the molecule is COCC(O)C1CCC2C3CCC4=CC(=O)CCC4=C3C(C3CCC(N(C)C)CC3)CC12C. The number of carbonyl (C=O) groups is 1. The molecule has 0 aromatic carbocycles. The van der Waals surface area contributed by atoms with Gasteiger partial charge in [-0.25, -0.2) is 0 Å². The Hall–Kier alpha value is -0.970. The quantitative estimate of drug-likeness (QED) is 0.622. The van der Waals surface area contributed by atoms with E-state index in [2.05, 4.69) is 25.9 Å². The first-order valence-corrected chi connectivity index (χ1v) is 13.6. The van der Waals surface area contributed by atoms with Crippen LogP contribution in [-0.2, 0) is 9.53 Å². The molecule has 6 unspecified atom stereocenters. The van der Waals surface area contributed by atoms with Crippen LogP contribution in [0.3, 0.4) is 0 Å². The summed E-state index contributed by atoms with van der Waals surface area (Å²) in [7, 11) is 6.18. The third-order valence-corrected chi connectivity index (χ3v) is 10.7. The van der Waals surface area contributed by atoms with Crippen LogP contribution in [0.2, 0.25) is 0 Å². The maximum atomic E-state index is 12.2. The molecule has 0 bridgehead atoms. The van der Waals surface area contributed by atoms with Crippen molar-refractivity contribution in [3.63, 3.8) is 0 Å². The summed E-state index contributed by atoms with van der Waals surface area (Å²) in [4.78, 5) is 14.6. The summed E-state index contributed by atoms with van der Waals surface area (Å²) < 4.78 is 5.40. The van der Waals surface area contributed by atoms with Crippen molar-refractivity contribution in [2.24, 2.45) is 35.0 Å². The average Bonchev–Trinajstić information content (AvgIpc) is 3.15. The molecule has 5 aliphatic carbocycles. The lowest BCUT2D eigenvalue weighted by Gasteiger charge is -2.55. The van der Waals surface area contributed by atoms with Crippen LogP contribution in [0.1, 0.15) is 77.6 Å². The largest absolute Gasteiger partial charge is 0.390 e. The second-order valence-corrected chi connectivity index (χ2v) is 12.4. The molecule has 4 nitrogen and oxygen atoms in total. The molecular formula is C29H45NO3. The van der Waals surface area contributed by atoms with Gasteiger partial charge in [-0.2, -0.15) is 0 Å². The molecule has 184 valence electrons. The summed E-state index contributed by atoms with van der Waals surface area (Å²) in [6.45, 7) is 2.98. The van der Waals surface area contributed by atoms with Gasteiger partial charge in [0.25, 0.3) is 0 Å². The van der Waals surface area contributed by atoms with Gasteiger partial charge in [0, 0.05) is 19.6 Å². The molecule has 33 heavy (non-hydrogen) atoms. The van der Waals surface area contributed by atoms with Gasteiger partial charge in [-0.1, -0.05) is 12.5 Å². The number of nitrogens with zero attached hydrogens (tertiary/aromatic N) is 1. The number of aliphatic hydroxyl groups excluding tert-OH is 1. The van der Waals surface area contributed by atoms with Crippen LogP contribution in [0, 0.1) is 35.0 Å². The van der Waals surface area contributed by atoms with Crippen molar-refractivity contribution in [1.29, 1.82) is 0 Å².